The highest BCUT2D eigenvalue weighted by molar-refractivity contribution is 7.13. The lowest BCUT2D eigenvalue weighted by Crippen LogP contribution is -2.50. The maximum absolute atomic E-state index is 12.5. The molecule has 0 atom stereocenters. The quantitative estimate of drug-likeness (QED) is 0.913. The van der Waals surface area contributed by atoms with Crippen LogP contribution in [0, 0.1) is 0 Å². The van der Waals surface area contributed by atoms with Gasteiger partial charge in [-0.05, 0) is 32.0 Å². The van der Waals surface area contributed by atoms with Crippen molar-refractivity contribution in [1.29, 1.82) is 0 Å². The molecular formula is C16H16N2O5S. The first-order chi connectivity index (χ1) is 11.3. The van der Waals surface area contributed by atoms with Gasteiger partial charge in [-0.1, -0.05) is 0 Å². The van der Waals surface area contributed by atoms with E-state index in [4.69, 9.17) is 9.47 Å². The number of aromatic nitrogens is 1. The molecule has 3 rings (SSSR count). The molecule has 0 fully saturated rings. The highest BCUT2D eigenvalue weighted by atomic mass is 32.1. The molecule has 1 N–H and O–H groups in total. The third kappa shape index (κ3) is 2.69. The molecule has 2 heterocycles. The average molecular weight is 348 g/mol. The number of amides is 1. The number of carboxylic acids is 1. The first kappa shape index (κ1) is 16.3. The SMILES string of the molecule is CN(C(=O)c1csc(-c2ccc3c(c2)OCO3)n1)C(C)(C)C(=O)O. The molecule has 0 saturated carbocycles. The van der Waals surface area contributed by atoms with E-state index < -0.39 is 17.4 Å². The van der Waals surface area contributed by atoms with Crippen molar-refractivity contribution in [2.24, 2.45) is 0 Å². The molecule has 0 spiro atoms. The number of carbonyl (C=O) groups is 2. The number of likely N-dealkylation sites (N-methyl/N-ethyl adjacent to an activating group) is 1. The molecule has 0 saturated heterocycles. The summed E-state index contributed by atoms with van der Waals surface area (Å²) >= 11 is 1.31. The van der Waals surface area contributed by atoms with Gasteiger partial charge in [0.15, 0.2) is 11.5 Å². The van der Waals surface area contributed by atoms with Gasteiger partial charge in [-0.2, -0.15) is 0 Å². The lowest BCUT2D eigenvalue weighted by atomic mass is 10.0. The van der Waals surface area contributed by atoms with Gasteiger partial charge < -0.3 is 19.5 Å². The summed E-state index contributed by atoms with van der Waals surface area (Å²) in [4.78, 5) is 29.3. The van der Waals surface area contributed by atoms with Crippen molar-refractivity contribution in [3.63, 3.8) is 0 Å². The largest absolute Gasteiger partial charge is 0.480 e. The van der Waals surface area contributed by atoms with Crippen LogP contribution in [0.1, 0.15) is 24.3 Å². The van der Waals surface area contributed by atoms with Crippen LogP contribution in [0.4, 0.5) is 0 Å². The summed E-state index contributed by atoms with van der Waals surface area (Å²) in [5.74, 6) is -0.204. The van der Waals surface area contributed by atoms with E-state index >= 15 is 0 Å². The molecule has 2 aromatic rings. The first-order valence-corrected chi connectivity index (χ1v) is 8.06. The molecule has 126 valence electrons. The molecule has 1 amide bonds. The van der Waals surface area contributed by atoms with Crippen LogP contribution in [0.5, 0.6) is 11.5 Å². The molecule has 0 unspecified atom stereocenters. The van der Waals surface area contributed by atoms with Gasteiger partial charge >= 0.3 is 5.97 Å². The Hall–Kier alpha value is -2.61. The Bertz CT molecular complexity index is 815. The zero-order valence-electron chi connectivity index (χ0n) is 13.4. The van der Waals surface area contributed by atoms with E-state index in [9.17, 15) is 14.7 Å². The van der Waals surface area contributed by atoms with E-state index in [1.165, 1.54) is 37.1 Å². The highest BCUT2D eigenvalue weighted by Gasteiger charge is 2.36. The summed E-state index contributed by atoms with van der Waals surface area (Å²) in [7, 11) is 1.45. The number of carbonyl (C=O) groups excluding carboxylic acids is 1. The summed E-state index contributed by atoms with van der Waals surface area (Å²) < 4.78 is 10.6. The van der Waals surface area contributed by atoms with Gasteiger partial charge in [0.25, 0.3) is 5.91 Å². The Balaban J connectivity index is 1.85. The smallest absolute Gasteiger partial charge is 0.329 e. The second kappa shape index (κ2) is 5.79. The molecule has 1 aliphatic heterocycles. The maximum atomic E-state index is 12.5. The number of aliphatic carboxylic acids is 1. The summed E-state index contributed by atoms with van der Waals surface area (Å²) in [6.07, 6.45) is 0. The fraction of sp³-hybridized carbons (Fsp3) is 0.312. The van der Waals surface area contributed by atoms with E-state index in [1.807, 2.05) is 6.07 Å². The predicted octanol–water partition coefficient (Wildman–Crippen LogP) is 2.47. The van der Waals surface area contributed by atoms with Crippen LogP contribution in [0.2, 0.25) is 0 Å². The Kier molecular flexibility index (Phi) is 3.92. The minimum Gasteiger partial charge on any atom is -0.480 e. The van der Waals surface area contributed by atoms with Gasteiger partial charge in [-0.3, -0.25) is 4.79 Å². The van der Waals surface area contributed by atoms with Gasteiger partial charge in [0.1, 0.15) is 16.2 Å². The minimum atomic E-state index is -1.32. The number of benzene rings is 1. The third-order valence-electron chi connectivity index (χ3n) is 4.01. The van der Waals surface area contributed by atoms with Crippen molar-refractivity contribution in [3.8, 4) is 22.1 Å². The topological polar surface area (TPSA) is 89.0 Å². The number of carboxylic acid groups (broad SMARTS) is 1. The van der Waals surface area contributed by atoms with Crippen LogP contribution < -0.4 is 9.47 Å². The number of hydrogen-bond acceptors (Lipinski definition) is 6. The van der Waals surface area contributed by atoms with Crippen LogP contribution >= 0.6 is 11.3 Å². The van der Waals surface area contributed by atoms with Crippen molar-refractivity contribution in [2.45, 2.75) is 19.4 Å². The maximum Gasteiger partial charge on any atom is 0.329 e. The third-order valence-corrected chi connectivity index (χ3v) is 4.90. The predicted molar refractivity (Wildman–Crippen MR) is 87.5 cm³/mol. The van der Waals surface area contributed by atoms with Crippen LogP contribution in [0.15, 0.2) is 23.6 Å². The fourth-order valence-electron chi connectivity index (χ4n) is 2.10. The van der Waals surface area contributed by atoms with Gasteiger partial charge in [0.05, 0.1) is 0 Å². The molecule has 1 aromatic carbocycles. The highest BCUT2D eigenvalue weighted by Crippen LogP contribution is 2.36. The van der Waals surface area contributed by atoms with E-state index in [1.54, 1.807) is 17.5 Å². The average Bonchev–Trinajstić information content (AvgIpc) is 3.21. The molecule has 24 heavy (non-hydrogen) atoms. The van der Waals surface area contributed by atoms with Crippen LogP contribution in [0.25, 0.3) is 10.6 Å². The molecule has 1 aromatic heterocycles. The Morgan fingerprint density at radius 1 is 1.29 bits per heavy atom. The fourth-order valence-corrected chi connectivity index (χ4v) is 2.89. The van der Waals surface area contributed by atoms with Crippen molar-refractivity contribution in [3.05, 3.63) is 29.3 Å². The lowest BCUT2D eigenvalue weighted by molar-refractivity contribution is -0.147. The van der Waals surface area contributed by atoms with Crippen LogP contribution in [-0.4, -0.2) is 46.2 Å². The second-order valence-corrected chi connectivity index (χ2v) is 6.69. The molecule has 1 aliphatic rings. The van der Waals surface area contributed by atoms with E-state index in [-0.39, 0.29) is 12.5 Å². The molecule has 0 bridgehead atoms. The summed E-state index contributed by atoms with van der Waals surface area (Å²) in [5.41, 5.74) is -0.299. The molecular weight excluding hydrogens is 332 g/mol. The normalized spacial score (nSPS) is 13.0. The Morgan fingerprint density at radius 2 is 2.00 bits per heavy atom. The van der Waals surface area contributed by atoms with Crippen molar-refractivity contribution in [1.82, 2.24) is 9.88 Å². The second-order valence-electron chi connectivity index (χ2n) is 5.83. The van der Waals surface area contributed by atoms with Crippen LogP contribution in [-0.2, 0) is 4.79 Å². The van der Waals surface area contributed by atoms with E-state index in [0.717, 1.165) is 5.56 Å². The zero-order chi connectivity index (χ0) is 17.5. The van der Waals surface area contributed by atoms with Gasteiger partial charge in [0.2, 0.25) is 6.79 Å². The molecule has 0 aliphatic carbocycles. The standard InChI is InChI=1S/C16H16N2O5S/c1-16(2,15(20)21)18(3)14(19)10-7-24-13(17-10)9-4-5-11-12(6-9)23-8-22-11/h4-7H,8H2,1-3H3,(H,20,21). The van der Waals surface area contributed by atoms with Crippen molar-refractivity contribution < 1.29 is 24.2 Å². The number of rotatable bonds is 4. The summed E-state index contributed by atoms with van der Waals surface area (Å²) in [5, 5.41) is 11.5. The van der Waals surface area contributed by atoms with Gasteiger partial charge in [0, 0.05) is 18.0 Å². The zero-order valence-corrected chi connectivity index (χ0v) is 14.2. The summed E-state index contributed by atoms with van der Waals surface area (Å²) in [6, 6.07) is 5.44. The Morgan fingerprint density at radius 3 is 2.71 bits per heavy atom. The Labute approximate surface area is 142 Å². The number of ether oxygens (including phenoxy) is 2. The lowest BCUT2D eigenvalue weighted by Gasteiger charge is -2.30. The van der Waals surface area contributed by atoms with Crippen molar-refractivity contribution in [2.75, 3.05) is 13.8 Å². The summed E-state index contributed by atoms with van der Waals surface area (Å²) in [6.45, 7) is 3.13. The van der Waals surface area contributed by atoms with Crippen LogP contribution in [0.3, 0.4) is 0 Å². The number of fused-ring (bicyclic) bond motifs is 1. The van der Waals surface area contributed by atoms with Crippen molar-refractivity contribution >= 4 is 23.2 Å². The van der Waals surface area contributed by atoms with E-state index in [2.05, 4.69) is 4.98 Å². The van der Waals surface area contributed by atoms with Gasteiger partial charge in [-0.25, -0.2) is 9.78 Å². The molecule has 8 heteroatoms. The number of thiazole rings is 1. The minimum absolute atomic E-state index is 0.190. The molecule has 0 radical (unpaired) electrons. The number of hydrogen-bond donors (Lipinski definition) is 1. The molecule has 7 nitrogen and oxygen atoms in total. The van der Waals surface area contributed by atoms with Gasteiger partial charge in [-0.15, -0.1) is 11.3 Å². The monoisotopic (exact) mass is 348 g/mol. The van der Waals surface area contributed by atoms with E-state index in [0.29, 0.717) is 16.5 Å². The number of nitrogens with zero attached hydrogens (tertiary/aromatic N) is 2. The first-order valence-electron chi connectivity index (χ1n) is 7.18.